The maximum absolute atomic E-state index is 14.4. The van der Waals surface area contributed by atoms with Crippen LogP contribution in [0.5, 0.6) is 5.75 Å². The highest BCUT2D eigenvalue weighted by molar-refractivity contribution is 5.33. The predicted molar refractivity (Wildman–Crippen MR) is 92.7 cm³/mol. The van der Waals surface area contributed by atoms with Gasteiger partial charge in [0.05, 0.1) is 6.04 Å². The number of nitrogen functional groups attached to an aromatic ring is 1. The average Bonchev–Trinajstić information content (AvgIpc) is 2.55. The molecule has 0 fully saturated rings. The molecule has 0 radical (unpaired) electrons. The van der Waals surface area contributed by atoms with E-state index in [1.807, 2.05) is 6.92 Å². The van der Waals surface area contributed by atoms with Crippen molar-refractivity contribution in [1.29, 1.82) is 0 Å². The summed E-state index contributed by atoms with van der Waals surface area (Å²) in [5.41, 5.74) is 4.51. The van der Waals surface area contributed by atoms with Crippen molar-refractivity contribution in [3.8, 4) is 5.75 Å². The SMILES string of the molecule is CCC(C)(F)c1nc(N)nc(NC(C)COc2ccc(C)c(F)c2)n1. The van der Waals surface area contributed by atoms with Crippen molar-refractivity contribution in [3.05, 3.63) is 35.4 Å². The molecular formula is C17H23F2N5O. The van der Waals surface area contributed by atoms with Crippen molar-refractivity contribution >= 4 is 11.9 Å². The van der Waals surface area contributed by atoms with Crippen molar-refractivity contribution in [2.75, 3.05) is 17.7 Å². The van der Waals surface area contributed by atoms with E-state index in [9.17, 15) is 8.78 Å². The summed E-state index contributed by atoms with van der Waals surface area (Å²) in [4.78, 5) is 11.9. The third-order valence-corrected chi connectivity index (χ3v) is 3.80. The Morgan fingerprint density at radius 2 is 2.04 bits per heavy atom. The number of rotatable bonds is 7. The summed E-state index contributed by atoms with van der Waals surface area (Å²) in [6.45, 7) is 6.85. The second-order valence-corrected chi connectivity index (χ2v) is 6.16. The van der Waals surface area contributed by atoms with Crippen LogP contribution in [0.1, 0.15) is 38.6 Å². The summed E-state index contributed by atoms with van der Waals surface area (Å²) in [6.07, 6.45) is 0.216. The first-order valence-electron chi connectivity index (χ1n) is 8.07. The number of benzene rings is 1. The van der Waals surface area contributed by atoms with E-state index in [1.165, 1.54) is 13.0 Å². The topological polar surface area (TPSA) is 86.0 Å². The van der Waals surface area contributed by atoms with Crippen LogP contribution in [0.4, 0.5) is 20.7 Å². The number of aryl methyl sites for hydroxylation is 1. The van der Waals surface area contributed by atoms with Crippen LogP contribution in [-0.2, 0) is 5.67 Å². The first-order valence-corrected chi connectivity index (χ1v) is 8.07. The lowest BCUT2D eigenvalue weighted by atomic mass is 10.1. The van der Waals surface area contributed by atoms with Crippen molar-refractivity contribution in [1.82, 2.24) is 15.0 Å². The molecule has 0 amide bonds. The summed E-state index contributed by atoms with van der Waals surface area (Å²) in [5.74, 6) is 0.202. The Labute approximate surface area is 145 Å². The smallest absolute Gasteiger partial charge is 0.228 e. The van der Waals surface area contributed by atoms with Gasteiger partial charge >= 0.3 is 0 Å². The van der Waals surface area contributed by atoms with Gasteiger partial charge in [-0.25, -0.2) is 8.78 Å². The minimum atomic E-state index is -1.69. The zero-order valence-corrected chi connectivity index (χ0v) is 14.8. The maximum Gasteiger partial charge on any atom is 0.228 e. The van der Waals surface area contributed by atoms with Crippen molar-refractivity contribution in [3.63, 3.8) is 0 Å². The van der Waals surface area contributed by atoms with Crippen LogP contribution in [-0.4, -0.2) is 27.6 Å². The van der Waals surface area contributed by atoms with Gasteiger partial charge in [0.15, 0.2) is 11.5 Å². The van der Waals surface area contributed by atoms with Gasteiger partial charge in [-0.1, -0.05) is 13.0 Å². The molecule has 136 valence electrons. The van der Waals surface area contributed by atoms with E-state index in [-0.39, 0.29) is 42.6 Å². The predicted octanol–water partition coefficient (Wildman–Crippen LogP) is 3.38. The summed E-state index contributed by atoms with van der Waals surface area (Å²) < 4.78 is 33.5. The molecule has 8 heteroatoms. The van der Waals surface area contributed by atoms with E-state index >= 15 is 0 Å². The molecule has 1 aromatic heterocycles. The first kappa shape index (κ1) is 18.8. The van der Waals surface area contributed by atoms with Gasteiger partial charge in [-0.15, -0.1) is 0 Å². The fourth-order valence-corrected chi connectivity index (χ4v) is 1.99. The highest BCUT2D eigenvalue weighted by atomic mass is 19.1. The Morgan fingerprint density at radius 3 is 2.68 bits per heavy atom. The molecule has 0 saturated carbocycles. The molecule has 0 aliphatic heterocycles. The van der Waals surface area contributed by atoms with E-state index < -0.39 is 5.67 Å². The molecule has 2 atom stereocenters. The van der Waals surface area contributed by atoms with Gasteiger partial charge in [0.2, 0.25) is 11.9 Å². The lowest BCUT2D eigenvalue weighted by molar-refractivity contribution is 0.171. The largest absolute Gasteiger partial charge is 0.491 e. The van der Waals surface area contributed by atoms with Gasteiger partial charge in [-0.2, -0.15) is 15.0 Å². The summed E-state index contributed by atoms with van der Waals surface area (Å²) in [7, 11) is 0. The molecule has 0 aliphatic carbocycles. The number of aromatic nitrogens is 3. The normalized spacial score (nSPS) is 14.6. The number of nitrogens with two attached hydrogens (primary N) is 1. The van der Waals surface area contributed by atoms with Crippen LogP contribution in [0.3, 0.4) is 0 Å². The molecule has 1 aromatic carbocycles. The zero-order chi connectivity index (χ0) is 18.6. The highest BCUT2D eigenvalue weighted by Crippen LogP contribution is 2.26. The Hall–Kier alpha value is -2.51. The molecule has 0 spiro atoms. The third kappa shape index (κ3) is 4.98. The number of nitrogens with zero attached hydrogens (tertiary/aromatic N) is 3. The molecule has 0 saturated heterocycles. The molecule has 1 heterocycles. The molecular weight excluding hydrogens is 328 g/mol. The van der Waals surface area contributed by atoms with Gasteiger partial charge < -0.3 is 15.8 Å². The summed E-state index contributed by atoms with van der Waals surface area (Å²) in [5, 5.41) is 2.99. The number of alkyl halides is 1. The number of nitrogens with one attached hydrogen (secondary N) is 1. The Balaban J connectivity index is 2.02. The molecule has 2 aromatic rings. The standard InChI is InChI=1S/C17H23F2N5O/c1-5-17(4,19)14-22-15(20)24-16(23-14)21-11(3)9-25-12-7-6-10(2)13(18)8-12/h6-8,11H,5,9H2,1-4H3,(H3,20,21,22,23,24). The molecule has 6 nitrogen and oxygen atoms in total. The van der Waals surface area contributed by atoms with E-state index in [0.717, 1.165) is 0 Å². The lowest BCUT2D eigenvalue weighted by Crippen LogP contribution is -2.27. The number of hydrogen-bond donors (Lipinski definition) is 2. The number of halogens is 2. The van der Waals surface area contributed by atoms with Gasteiger partial charge in [0.1, 0.15) is 18.2 Å². The van der Waals surface area contributed by atoms with E-state index in [0.29, 0.717) is 11.3 Å². The van der Waals surface area contributed by atoms with E-state index in [2.05, 4.69) is 20.3 Å². The minimum absolute atomic E-state index is 0.0151. The molecule has 0 aliphatic rings. The van der Waals surface area contributed by atoms with Crippen LogP contribution >= 0.6 is 0 Å². The first-order chi connectivity index (χ1) is 11.7. The van der Waals surface area contributed by atoms with E-state index in [4.69, 9.17) is 10.5 Å². The Bertz CT molecular complexity index is 739. The number of ether oxygens (including phenoxy) is 1. The van der Waals surface area contributed by atoms with E-state index in [1.54, 1.807) is 26.0 Å². The van der Waals surface area contributed by atoms with Crippen LogP contribution < -0.4 is 15.8 Å². The van der Waals surface area contributed by atoms with Crippen LogP contribution in [0.2, 0.25) is 0 Å². The summed E-state index contributed by atoms with van der Waals surface area (Å²) in [6, 6.07) is 4.46. The Kier molecular flexibility index (Phi) is 5.71. The van der Waals surface area contributed by atoms with Gasteiger partial charge in [-0.05, 0) is 38.8 Å². The van der Waals surface area contributed by atoms with Crippen LogP contribution in [0.25, 0.3) is 0 Å². The average molecular weight is 351 g/mol. The molecule has 25 heavy (non-hydrogen) atoms. The second kappa shape index (κ2) is 7.58. The Morgan fingerprint density at radius 1 is 1.32 bits per heavy atom. The molecule has 2 unspecified atom stereocenters. The maximum atomic E-state index is 14.4. The third-order valence-electron chi connectivity index (χ3n) is 3.80. The van der Waals surface area contributed by atoms with Gasteiger partial charge in [0, 0.05) is 6.07 Å². The number of anilines is 2. The van der Waals surface area contributed by atoms with Crippen molar-refractivity contribution < 1.29 is 13.5 Å². The monoisotopic (exact) mass is 351 g/mol. The molecule has 2 rings (SSSR count). The molecule has 3 N–H and O–H groups in total. The van der Waals surface area contributed by atoms with Crippen LogP contribution in [0, 0.1) is 12.7 Å². The van der Waals surface area contributed by atoms with Gasteiger partial charge in [-0.3, -0.25) is 0 Å². The van der Waals surface area contributed by atoms with Crippen LogP contribution in [0.15, 0.2) is 18.2 Å². The quantitative estimate of drug-likeness (QED) is 0.795. The fourth-order valence-electron chi connectivity index (χ4n) is 1.99. The second-order valence-electron chi connectivity index (χ2n) is 6.16. The molecule has 0 bridgehead atoms. The zero-order valence-electron chi connectivity index (χ0n) is 14.8. The lowest BCUT2D eigenvalue weighted by Gasteiger charge is -2.19. The summed E-state index contributed by atoms with van der Waals surface area (Å²) >= 11 is 0. The van der Waals surface area contributed by atoms with Crippen molar-refractivity contribution in [2.24, 2.45) is 0 Å². The fraction of sp³-hybridized carbons (Fsp3) is 0.471. The van der Waals surface area contributed by atoms with Gasteiger partial charge in [0.25, 0.3) is 0 Å². The highest BCUT2D eigenvalue weighted by Gasteiger charge is 2.28. The number of hydrogen-bond acceptors (Lipinski definition) is 6. The van der Waals surface area contributed by atoms with Crippen molar-refractivity contribution in [2.45, 2.75) is 45.8 Å². The minimum Gasteiger partial charge on any atom is -0.491 e.